The number of nitrogens with zero attached hydrogens (tertiary/aromatic N) is 3. The van der Waals surface area contributed by atoms with Gasteiger partial charge in [-0.2, -0.15) is 0 Å². The van der Waals surface area contributed by atoms with Crippen molar-refractivity contribution in [2.45, 2.75) is 25.8 Å². The summed E-state index contributed by atoms with van der Waals surface area (Å²) in [5.74, 6) is -0.951. The molecule has 154 valence electrons. The van der Waals surface area contributed by atoms with Crippen LogP contribution in [0.4, 0.5) is 10.5 Å². The number of carbonyl (C=O) groups is 2. The van der Waals surface area contributed by atoms with Gasteiger partial charge in [0.2, 0.25) is 0 Å². The molecule has 0 atom stereocenters. The van der Waals surface area contributed by atoms with Gasteiger partial charge in [0.1, 0.15) is 0 Å². The van der Waals surface area contributed by atoms with Crippen LogP contribution in [0.5, 0.6) is 0 Å². The van der Waals surface area contributed by atoms with Crippen LogP contribution in [0.1, 0.15) is 33.5 Å². The standard InChI is InChI=1S/C23H29N3O3/c1-24(2)13-14-26(16-17-7-9-19(10-8-17)22(27)28)23(29)25(3)21-12-11-18-5-4-6-20(18)15-21/h7-12,15H,4-6,13-14,16H2,1-3H3,(H,27,28). The lowest BCUT2D eigenvalue weighted by Gasteiger charge is -2.29. The molecule has 0 aromatic heterocycles. The lowest BCUT2D eigenvalue weighted by atomic mass is 10.1. The molecule has 0 bridgehead atoms. The highest BCUT2D eigenvalue weighted by atomic mass is 16.4. The quantitative estimate of drug-likeness (QED) is 0.779. The van der Waals surface area contributed by atoms with Gasteiger partial charge < -0.3 is 14.9 Å². The minimum atomic E-state index is -0.951. The van der Waals surface area contributed by atoms with E-state index in [9.17, 15) is 9.59 Å². The largest absolute Gasteiger partial charge is 0.478 e. The Hall–Kier alpha value is -2.86. The Morgan fingerprint density at radius 3 is 2.28 bits per heavy atom. The second-order valence-corrected chi connectivity index (χ2v) is 7.88. The Morgan fingerprint density at radius 1 is 0.931 bits per heavy atom. The Labute approximate surface area is 172 Å². The fourth-order valence-corrected chi connectivity index (χ4v) is 3.63. The van der Waals surface area contributed by atoms with Crippen molar-refractivity contribution in [2.24, 2.45) is 0 Å². The summed E-state index contributed by atoms with van der Waals surface area (Å²) in [6.45, 7) is 1.76. The van der Waals surface area contributed by atoms with Crippen LogP contribution in [0.3, 0.4) is 0 Å². The first-order valence-corrected chi connectivity index (χ1v) is 9.96. The third-order valence-electron chi connectivity index (χ3n) is 5.42. The number of carbonyl (C=O) groups excluding carboxylic acids is 1. The van der Waals surface area contributed by atoms with Crippen LogP contribution in [-0.2, 0) is 19.4 Å². The van der Waals surface area contributed by atoms with Crippen LogP contribution in [0.25, 0.3) is 0 Å². The van der Waals surface area contributed by atoms with Gasteiger partial charge in [0.05, 0.1) is 5.56 Å². The molecule has 1 N–H and O–H groups in total. The van der Waals surface area contributed by atoms with Gasteiger partial charge in [-0.3, -0.25) is 4.90 Å². The minimum absolute atomic E-state index is 0.0629. The van der Waals surface area contributed by atoms with Gasteiger partial charge in [-0.1, -0.05) is 18.2 Å². The Bertz CT molecular complexity index is 877. The topological polar surface area (TPSA) is 64.1 Å². The summed E-state index contributed by atoms with van der Waals surface area (Å²) < 4.78 is 0. The number of aryl methyl sites for hydroxylation is 2. The first-order chi connectivity index (χ1) is 13.8. The highest BCUT2D eigenvalue weighted by molar-refractivity contribution is 5.91. The number of urea groups is 1. The number of hydrogen-bond donors (Lipinski definition) is 1. The second-order valence-electron chi connectivity index (χ2n) is 7.88. The zero-order valence-electron chi connectivity index (χ0n) is 17.4. The summed E-state index contributed by atoms with van der Waals surface area (Å²) in [7, 11) is 5.78. The smallest absolute Gasteiger partial charge is 0.335 e. The van der Waals surface area contributed by atoms with Crippen LogP contribution in [0.15, 0.2) is 42.5 Å². The molecular weight excluding hydrogens is 366 g/mol. The fourth-order valence-electron chi connectivity index (χ4n) is 3.63. The number of hydrogen-bond acceptors (Lipinski definition) is 3. The molecule has 0 spiro atoms. The first-order valence-electron chi connectivity index (χ1n) is 9.96. The summed E-state index contributed by atoms with van der Waals surface area (Å²) in [6, 6.07) is 12.9. The molecule has 1 aliphatic carbocycles. The van der Waals surface area contributed by atoms with E-state index in [2.05, 4.69) is 12.1 Å². The van der Waals surface area contributed by atoms with Crippen molar-refractivity contribution in [1.82, 2.24) is 9.80 Å². The predicted octanol–water partition coefficient (Wildman–Crippen LogP) is 3.49. The zero-order valence-corrected chi connectivity index (χ0v) is 17.4. The maximum atomic E-state index is 13.3. The third-order valence-corrected chi connectivity index (χ3v) is 5.42. The van der Waals surface area contributed by atoms with Gasteiger partial charge in [0.15, 0.2) is 0 Å². The Morgan fingerprint density at radius 2 is 1.62 bits per heavy atom. The van der Waals surface area contributed by atoms with Crippen molar-refractivity contribution in [2.75, 3.05) is 39.1 Å². The average Bonchev–Trinajstić information content (AvgIpc) is 3.18. The van der Waals surface area contributed by atoms with Gasteiger partial charge >= 0.3 is 12.0 Å². The first kappa shape index (κ1) is 20.9. The van der Waals surface area contributed by atoms with Crippen molar-refractivity contribution in [3.05, 3.63) is 64.7 Å². The van der Waals surface area contributed by atoms with E-state index in [4.69, 9.17) is 5.11 Å². The number of rotatable bonds is 7. The van der Waals surface area contributed by atoms with Gasteiger partial charge in [0, 0.05) is 32.4 Å². The van der Waals surface area contributed by atoms with Crippen molar-refractivity contribution in [3.8, 4) is 0 Å². The van der Waals surface area contributed by atoms with Crippen molar-refractivity contribution in [1.29, 1.82) is 0 Å². The molecule has 0 fully saturated rings. The predicted molar refractivity (Wildman–Crippen MR) is 115 cm³/mol. The molecule has 0 radical (unpaired) electrons. The molecule has 3 rings (SSSR count). The number of aromatic carboxylic acids is 1. The Balaban J connectivity index is 1.77. The Kier molecular flexibility index (Phi) is 6.54. The molecule has 6 heteroatoms. The summed E-state index contributed by atoms with van der Waals surface area (Å²) in [5, 5.41) is 9.08. The average molecular weight is 396 g/mol. The lowest BCUT2D eigenvalue weighted by molar-refractivity contribution is 0.0696. The van der Waals surface area contributed by atoms with Crippen LogP contribution in [0.2, 0.25) is 0 Å². The zero-order chi connectivity index (χ0) is 21.0. The number of likely N-dealkylation sites (N-methyl/N-ethyl adjacent to an activating group) is 1. The van der Waals surface area contributed by atoms with E-state index in [-0.39, 0.29) is 11.6 Å². The van der Waals surface area contributed by atoms with Crippen LogP contribution < -0.4 is 4.90 Å². The van der Waals surface area contributed by atoms with E-state index < -0.39 is 5.97 Å². The molecular formula is C23H29N3O3. The number of carboxylic acid groups (broad SMARTS) is 1. The van der Waals surface area contributed by atoms with Crippen LogP contribution >= 0.6 is 0 Å². The van der Waals surface area contributed by atoms with E-state index in [0.29, 0.717) is 13.1 Å². The molecule has 0 saturated heterocycles. The molecule has 2 aromatic carbocycles. The molecule has 0 aliphatic heterocycles. The summed E-state index contributed by atoms with van der Waals surface area (Å²) in [5.41, 5.74) is 4.79. The highest BCUT2D eigenvalue weighted by Crippen LogP contribution is 2.27. The monoisotopic (exact) mass is 395 g/mol. The van der Waals surface area contributed by atoms with Gasteiger partial charge in [-0.15, -0.1) is 0 Å². The maximum absolute atomic E-state index is 13.3. The normalized spacial score (nSPS) is 12.7. The number of anilines is 1. The van der Waals surface area contributed by atoms with E-state index in [1.54, 1.807) is 29.2 Å². The number of carboxylic acids is 1. The molecule has 0 unspecified atom stereocenters. The molecule has 6 nitrogen and oxygen atoms in total. The van der Waals surface area contributed by atoms with E-state index in [0.717, 1.165) is 30.6 Å². The van der Waals surface area contributed by atoms with Gasteiger partial charge in [0.25, 0.3) is 0 Å². The second kappa shape index (κ2) is 9.09. The molecule has 0 heterocycles. The molecule has 2 aromatic rings. The summed E-state index contributed by atoms with van der Waals surface area (Å²) in [6.07, 6.45) is 3.37. The third kappa shape index (κ3) is 5.15. The molecule has 29 heavy (non-hydrogen) atoms. The van der Waals surface area contributed by atoms with Gasteiger partial charge in [-0.05, 0) is 74.3 Å². The number of amides is 2. The van der Waals surface area contributed by atoms with E-state index in [1.165, 1.54) is 17.5 Å². The number of fused-ring (bicyclic) bond motifs is 1. The van der Waals surface area contributed by atoms with Crippen LogP contribution in [0, 0.1) is 0 Å². The molecule has 2 amide bonds. The number of benzene rings is 2. The highest BCUT2D eigenvalue weighted by Gasteiger charge is 2.21. The summed E-state index contributed by atoms with van der Waals surface area (Å²) >= 11 is 0. The van der Waals surface area contributed by atoms with Crippen molar-refractivity contribution >= 4 is 17.7 Å². The molecule has 1 aliphatic rings. The lowest BCUT2D eigenvalue weighted by Crippen LogP contribution is -2.43. The minimum Gasteiger partial charge on any atom is -0.478 e. The van der Waals surface area contributed by atoms with Crippen LogP contribution in [-0.4, -0.2) is 61.1 Å². The SMILES string of the molecule is CN(C)CCN(Cc1ccc(C(=O)O)cc1)C(=O)N(C)c1ccc2c(c1)CCC2. The van der Waals surface area contributed by atoms with E-state index >= 15 is 0 Å². The van der Waals surface area contributed by atoms with Crippen molar-refractivity contribution in [3.63, 3.8) is 0 Å². The van der Waals surface area contributed by atoms with Gasteiger partial charge in [-0.25, -0.2) is 9.59 Å². The fraction of sp³-hybridized carbons (Fsp3) is 0.391. The summed E-state index contributed by atoms with van der Waals surface area (Å²) in [4.78, 5) is 29.9. The maximum Gasteiger partial charge on any atom is 0.335 e. The van der Waals surface area contributed by atoms with Crippen molar-refractivity contribution < 1.29 is 14.7 Å². The van der Waals surface area contributed by atoms with E-state index in [1.807, 2.05) is 37.0 Å². The molecule has 0 saturated carbocycles.